The van der Waals surface area contributed by atoms with E-state index in [4.69, 9.17) is 18.9 Å². The molecule has 6 heteroatoms. The Morgan fingerprint density at radius 2 is 1.24 bits per heavy atom. The smallest absolute Gasteiger partial charge is 0.336 e. The summed E-state index contributed by atoms with van der Waals surface area (Å²) in [5, 5.41) is 9.80. The molecule has 0 unspecified atom stereocenters. The third-order valence-electron chi connectivity index (χ3n) is 3.96. The predicted octanol–water partition coefficient (Wildman–Crippen LogP) is 4.91. The molecule has 2 aromatic rings. The second kappa shape index (κ2) is 11.0. The molecule has 29 heavy (non-hydrogen) atoms. The van der Waals surface area contributed by atoms with Gasteiger partial charge in [0.2, 0.25) is 0 Å². The Balaban J connectivity index is 2.48. The van der Waals surface area contributed by atoms with E-state index in [1.54, 1.807) is 42.5 Å². The maximum atomic E-state index is 12.0. The van der Waals surface area contributed by atoms with E-state index >= 15 is 0 Å². The van der Waals surface area contributed by atoms with Crippen molar-refractivity contribution in [3.8, 4) is 23.0 Å². The van der Waals surface area contributed by atoms with Crippen LogP contribution in [0.4, 0.5) is 0 Å². The van der Waals surface area contributed by atoms with Gasteiger partial charge >= 0.3 is 5.97 Å². The van der Waals surface area contributed by atoms with Gasteiger partial charge in [-0.3, -0.25) is 0 Å². The van der Waals surface area contributed by atoms with Crippen LogP contribution in [0.25, 0.3) is 11.6 Å². The van der Waals surface area contributed by atoms with Crippen molar-refractivity contribution in [2.45, 2.75) is 27.7 Å². The highest BCUT2D eigenvalue weighted by molar-refractivity contribution is 6.20. The Labute approximate surface area is 171 Å². The van der Waals surface area contributed by atoms with Crippen LogP contribution in [0.5, 0.6) is 23.0 Å². The highest BCUT2D eigenvalue weighted by atomic mass is 16.5. The summed E-state index contributed by atoms with van der Waals surface area (Å²) in [6.45, 7) is 9.47. The van der Waals surface area contributed by atoms with Crippen molar-refractivity contribution >= 4 is 17.6 Å². The maximum absolute atomic E-state index is 12.0. The number of ether oxygens (including phenoxy) is 4. The van der Waals surface area contributed by atoms with Gasteiger partial charge in [0.1, 0.15) is 0 Å². The number of hydrogen-bond donors (Lipinski definition) is 1. The summed E-state index contributed by atoms with van der Waals surface area (Å²) in [4.78, 5) is 12.0. The second-order valence-corrected chi connectivity index (χ2v) is 5.96. The van der Waals surface area contributed by atoms with E-state index < -0.39 is 5.97 Å². The van der Waals surface area contributed by atoms with E-state index in [0.717, 1.165) is 0 Å². The Kier molecular flexibility index (Phi) is 8.40. The zero-order valence-corrected chi connectivity index (χ0v) is 17.4. The first kappa shape index (κ1) is 22.1. The standard InChI is InChI=1S/C23H28O6/c1-5-26-19-11-9-16(14-21(19)28-7-3)13-18(23(24)25)17-10-12-20(27-6-2)22(15-17)29-8-4/h9-15H,5-8H2,1-4H3,(H,24,25)/b18-13-. The lowest BCUT2D eigenvalue weighted by molar-refractivity contribution is -0.130. The largest absolute Gasteiger partial charge is 0.490 e. The molecule has 0 amide bonds. The van der Waals surface area contributed by atoms with Gasteiger partial charge in [0, 0.05) is 0 Å². The summed E-state index contributed by atoms with van der Waals surface area (Å²) in [6.07, 6.45) is 1.60. The molecule has 0 aliphatic heterocycles. The average Bonchev–Trinajstić information content (AvgIpc) is 2.70. The summed E-state index contributed by atoms with van der Waals surface area (Å²) in [5.41, 5.74) is 1.36. The number of carboxylic acids is 1. The molecule has 0 atom stereocenters. The second-order valence-electron chi connectivity index (χ2n) is 5.96. The topological polar surface area (TPSA) is 74.2 Å². The molecule has 0 aromatic heterocycles. The summed E-state index contributed by atoms with van der Waals surface area (Å²) in [5.74, 6) is 1.27. The monoisotopic (exact) mass is 400 g/mol. The van der Waals surface area contributed by atoms with Crippen LogP contribution in [-0.2, 0) is 4.79 Å². The van der Waals surface area contributed by atoms with E-state index in [1.807, 2.05) is 27.7 Å². The normalized spacial score (nSPS) is 11.1. The van der Waals surface area contributed by atoms with Crippen molar-refractivity contribution in [3.63, 3.8) is 0 Å². The fourth-order valence-electron chi connectivity index (χ4n) is 2.81. The molecule has 0 saturated heterocycles. The van der Waals surface area contributed by atoms with Crippen LogP contribution in [-0.4, -0.2) is 37.5 Å². The summed E-state index contributed by atoms with van der Waals surface area (Å²) in [7, 11) is 0. The van der Waals surface area contributed by atoms with Crippen molar-refractivity contribution < 1.29 is 28.8 Å². The van der Waals surface area contributed by atoms with Gasteiger partial charge in [-0.2, -0.15) is 0 Å². The van der Waals surface area contributed by atoms with Gasteiger partial charge < -0.3 is 24.1 Å². The minimum Gasteiger partial charge on any atom is -0.490 e. The number of benzene rings is 2. The van der Waals surface area contributed by atoms with E-state index in [0.29, 0.717) is 60.6 Å². The Morgan fingerprint density at radius 1 is 0.759 bits per heavy atom. The number of carbonyl (C=O) groups is 1. The van der Waals surface area contributed by atoms with Crippen LogP contribution in [0.15, 0.2) is 36.4 Å². The van der Waals surface area contributed by atoms with E-state index in [2.05, 4.69) is 0 Å². The highest BCUT2D eigenvalue weighted by Crippen LogP contribution is 2.33. The predicted molar refractivity (Wildman–Crippen MR) is 113 cm³/mol. The summed E-state index contributed by atoms with van der Waals surface area (Å²) in [6, 6.07) is 10.5. The van der Waals surface area contributed by atoms with Crippen molar-refractivity contribution in [1.82, 2.24) is 0 Å². The minimum absolute atomic E-state index is 0.139. The van der Waals surface area contributed by atoms with Gasteiger partial charge in [0.05, 0.1) is 32.0 Å². The molecule has 0 heterocycles. The van der Waals surface area contributed by atoms with Gasteiger partial charge in [-0.05, 0) is 69.2 Å². The van der Waals surface area contributed by atoms with E-state index in [-0.39, 0.29) is 5.57 Å². The SMILES string of the molecule is CCOc1ccc(/C=C(\C(=O)O)c2ccc(OCC)c(OCC)c2)cc1OCC. The highest BCUT2D eigenvalue weighted by Gasteiger charge is 2.15. The van der Waals surface area contributed by atoms with E-state index in [9.17, 15) is 9.90 Å². The fourth-order valence-corrected chi connectivity index (χ4v) is 2.81. The van der Waals surface area contributed by atoms with Crippen LogP contribution in [0.2, 0.25) is 0 Å². The van der Waals surface area contributed by atoms with E-state index in [1.165, 1.54) is 0 Å². The zero-order valence-electron chi connectivity index (χ0n) is 17.4. The molecule has 0 fully saturated rings. The molecular weight excluding hydrogens is 372 g/mol. The first-order chi connectivity index (χ1) is 14.0. The summed E-state index contributed by atoms with van der Waals surface area (Å²) < 4.78 is 22.4. The Hall–Kier alpha value is -3.15. The maximum Gasteiger partial charge on any atom is 0.336 e. The molecule has 156 valence electrons. The lowest BCUT2D eigenvalue weighted by Gasteiger charge is -2.13. The van der Waals surface area contributed by atoms with Crippen molar-refractivity contribution in [2.24, 2.45) is 0 Å². The van der Waals surface area contributed by atoms with Crippen LogP contribution in [0, 0.1) is 0 Å². The lowest BCUT2D eigenvalue weighted by Crippen LogP contribution is -2.03. The molecular formula is C23H28O6. The molecule has 0 saturated carbocycles. The number of carboxylic acid groups (broad SMARTS) is 1. The molecule has 0 radical (unpaired) electrons. The van der Waals surface area contributed by atoms with Crippen LogP contribution >= 0.6 is 0 Å². The summed E-state index contributed by atoms with van der Waals surface area (Å²) >= 11 is 0. The first-order valence-electron chi connectivity index (χ1n) is 9.78. The lowest BCUT2D eigenvalue weighted by atomic mass is 10.0. The third kappa shape index (κ3) is 5.91. The average molecular weight is 400 g/mol. The van der Waals surface area contributed by atoms with Crippen LogP contribution < -0.4 is 18.9 Å². The molecule has 0 aliphatic carbocycles. The molecule has 2 aromatic carbocycles. The Bertz CT molecular complexity index is 856. The van der Waals surface area contributed by atoms with Gasteiger partial charge in [0.25, 0.3) is 0 Å². The number of aliphatic carboxylic acids is 1. The van der Waals surface area contributed by atoms with Crippen molar-refractivity contribution in [3.05, 3.63) is 47.5 Å². The molecule has 0 bridgehead atoms. The van der Waals surface area contributed by atoms with Crippen molar-refractivity contribution in [2.75, 3.05) is 26.4 Å². The quantitative estimate of drug-likeness (QED) is 0.427. The zero-order chi connectivity index (χ0) is 21.2. The molecule has 6 nitrogen and oxygen atoms in total. The molecule has 0 aliphatic rings. The van der Waals surface area contributed by atoms with Gasteiger partial charge in [0.15, 0.2) is 23.0 Å². The molecule has 0 spiro atoms. The molecule has 1 N–H and O–H groups in total. The van der Waals surface area contributed by atoms with Crippen LogP contribution in [0.3, 0.4) is 0 Å². The van der Waals surface area contributed by atoms with Crippen LogP contribution in [0.1, 0.15) is 38.8 Å². The van der Waals surface area contributed by atoms with Gasteiger partial charge in [-0.1, -0.05) is 12.1 Å². The Morgan fingerprint density at radius 3 is 1.76 bits per heavy atom. The van der Waals surface area contributed by atoms with Gasteiger partial charge in [-0.15, -0.1) is 0 Å². The molecule has 2 rings (SSSR count). The number of hydrogen-bond acceptors (Lipinski definition) is 5. The number of rotatable bonds is 11. The van der Waals surface area contributed by atoms with Gasteiger partial charge in [-0.25, -0.2) is 4.79 Å². The fraction of sp³-hybridized carbons (Fsp3) is 0.348. The first-order valence-corrected chi connectivity index (χ1v) is 9.78. The minimum atomic E-state index is -1.04. The third-order valence-corrected chi connectivity index (χ3v) is 3.96. The van der Waals surface area contributed by atoms with Crippen molar-refractivity contribution in [1.29, 1.82) is 0 Å².